The normalized spacial score (nSPS) is 19.6. The summed E-state index contributed by atoms with van der Waals surface area (Å²) in [4.78, 5) is 42.2. The fraction of sp³-hybridized carbons (Fsp3) is 0.333. The SMILES string of the molecule is CC(C#N)c1cccc(C(=O)N2CC3(CC3)C[C@H]2C(=O)Nc2ccc3[nH]c(=O)oc3c2)c1. The number of amides is 2. The van der Waals surface area contributed by atoms with E-state index in [4.69, 9.17) is 4.42 Å². The zero-order valence-corrected chi connectivity index (χ0v) is 17.6. The van der Waals surface area contributed by atoms with Gasteiger partial charge in [-0.25, -0.2) is 4.79 Å². The molecule has 1 aliphatic carbocycles. The number of anilines is 1. The number of H-pyrrole nitrogens is 1. The van der Waals surface area contributed by atoms with E-state index in [1.165, 1.54) is 0 Å². The van der Waals surface area contributed by atoms with Gasteiger partial charge < -0.3 is 14.6 Å². The predicted molar refractivity (Wildman–Crippen MR) is 117 cm³/mol. The first-order chi connectivity index (χ1) is 15.4. The molecule has 8 heteroatoms. The molecule has 8 nitrogen and oxygen atoms in total. The standard InChI is InChI=1S/C24H22N4O4/c1-14(12-25)15-3-2-4-16(9-15)22(30)28-13-24(7-8-24)11-19(28)21(29)26-17-5-6-18-20(10-17)32-23(31)27-18/h2-6,9-10,14,19H,7-8,11,13H2,1H3,(H,26,29)(H,27,31)/t14?,19-/m0/s1. The lowest BCUT2D eigenvalue weighted by Gasteiger charge is -2.24. The number of nitrogens with zero attached hydrogens (tertiary/aromatic N) is 2. The second kappa shape index (κ2) is 7.38. The summed E-state index contributed by atoms with van der Waals surface area (Å²) in [5.74, 6) is -1.34. The van der Waals surface area contributed by atoms with Crippen LogP contribution in [0.4, 0.5) is 5.69 Å². The van der Waals surface area contributed by atoms with Gasteiger partial charge in [0.15, 0.2) is 5.58 Å². The minimum absolute atomic E-state index is 0.0204. The minimum atomic E-state index is -0.587. The van der Waals surface area contributed by atoms with Crippen molar-refractivity contribution in [3.8, 4) is 6.07 Å². The van der Waals surface area contributed by atoms with Gasteiger partial charge in [-0.3, -0.25) is 14.6 Å². The molecule has 0 bridgehead atoms. The van der Waals surface area contributed by atoms with Crippen molar-refractivity contribution in [1.82, 2.24) is 9.88 Å². The molecule has 1 unspecified atom stereocenters. The highest BCUT2D eigenvalue weighted by atomic mass is 16.4. The van der Waals surface area contributed by atoms with Crippen molar-refractivity contribution in [3.05, 3.63) is 64.1 Å². The molecule has 1 spiro atoms. The van der Waals surface area contributed by atoms with E-state index in [0.29, 0.717) is 35.3 Å². The van der Waals surface area contributed by atoms with Gasteiger partial charge in [0.25, 0.3) is 5.91 Å². The van der Waals surface area contributed by atoms with Crippen LogP contribution in [0.3, 0.4) is 0 Å². The first-order valence-electron chi connectivity index (χ1n) is 10.6. The van der Waals surface area contributed by atoms with E-state index in [9.17, 15) is 19.6 Å². The molecule has 2 atom stereocenters. The number of likely N-dealkylation sites (tertiary alicyclic amines) is 1. The van der Waals surface area contributed by atoms with E-state index >= 15 is 0 Å². The Morgan fingerprint density at radius 3 is 2.84 bits per heavy atom. The van der Waals surface area contributed by atoms with Crippen molar-refractivity contribution in [3.63, 3.8) is 0 Å². The van der Waals surface area contributed by atoms with Crippen LogP contribution in [-0.4, -0.2) is 34.3 Å². The summed E-state index contributed by atoms with van der Waals surface area (Å²) in [6.45, 7) is 2.34. The van der Waals surface area contributed by atoms with Gasteiger partial charge in [-0.1, -0.05) is 12.1 Å². The number of oxazole rings is 1. The Balaban J connectivity index is 1.39. The molecular formula is C24H22N4O4. The second-order valence-electron chi connectivity index (χ2n) is 8.84. The minimum Gasteiger partial charge on any atom is -0.408 e. The van der Waals surface area contributed by atoms with Gasteiger partial charge in [-0.15, -0.1) is 0 Å². The molecule has 2 aromatic carbocycles. The van der Waals surface area contributed by atoms with Crippen molar-refractivity contribution in [2.24, 2.45) is 5.41 Å². The van der Waals surface area contributed by atoms with Crippen LogP contribution in [0, 0.1) is 16.7 Å². The van der Waals surface area contributed by atoms with Crippen LogP contribution in [0.2, 0.25) is 0 Å². The maximum Gasteiger partial charge on any atom is 0.417 e. The summed E-state index contributed by atoms with van der Waals surface area (Å²) in [6, 6.07) is 13.6. The Hall–Kier alpha value is -3.86. The van der Waals surface area contributed by atoms with E-state index < -0.39 is 11.8 Å². The van der Waals surface area contributed by atoms with Crippen LogP contribution >= 0.6 is 0 Å². The Labute approximate surface area is 183 Å². The fourth-order valence-corrected chi connectivity index (χ4v) is 4.47. The quantitative estimate of drug-likeness (QED) is 0.658. The zero-order valence-electron chi connectivity index (χ0n) is 17.6. The second-order valence-corrected chi connectivity index (χ2v) is 8.84. The van der Waals surface area contributed by atoms with E-state index in [1.54, 1.807) is 48.2 Å². The van der Waals surface area contributed by atoms with Gasteiger partial charge in [0, 0.05) is 23.9 Å². The molecule has 3 aromatic rings. The van der Waals surface area contributed by atoms with E-state index in [1.807, 2.05) is 6.07 Å². The lowest BCUT2D eigenvalue weighted by molar-refractivity contribution is -0.119. The Morgan fingerprint density at radius 1 is 1.28 bits per heavy atom. The number of aromatic nitrogens is 1. The van der Waals surface area contributed by atoms with Crippen molar-refractivity contribution < 1.29 is 14.0 Å². The van der Waals surface area contributed by atoms with Crippen LogP contribution in [0.5, 0.6) is 0 Å². The van der Waals surface area contributed by atoms with E-state index in [-0.39, 0.29) is 23.1 Å². The largest absolute Gasteiger partial charge is 0.417 e. The lowest BCUT2D eigenvalue weighted by atomic mass is 10.00. The molecule has 1 aliphatic heterocycles. The number of benzene rings is 2. The average molecular weight is 430 g/mol. The van der Waals surface area contributed by atoms with Gasteiger partial charge >= 0.3 is 5.76 Å². The molecule has 1 saturated heterocycles. The fourth-order valence-electron chi connectivity index (χ4n) is 4.47. The van der Waals surface area contributed by atoms with Crippen molar-refractivity contribution >= 4 is 28.6 Å². The highest BCUT2D eigenvalue weighted by Gasteiger charge is 2.55. The summed E-state index contributed by atoms with van der Waals surface area (Å²) in [5, 5.41) is 12.1. The first kappa shape index (κ1) is 20.1. The molecule has 0 radical (unpaired) electrons. The highest BCUT2D eigenvalue weighted by molar-refractivity contribution is 6.02. The van der Waals surface area contributed by atoms with Gasteiger partial charge in [-0.05, 0) is 61.4 Å². The molecule has 2 heterocycles. The predicted octanol–water partition coefficient (Wildman–Crippen LogP) is 3.38. The topological polar surface area (TPSA) is 119 Å². The number of aromatic amines is 1. The summed E-state index contributed by atoms with van der Waals surface area (Å²) in [6.07, 6.45) is 2.64. The number of fused-ring (bicyclic) bond motifs is 1. The van der Waals surface area contributed by atoms with Crippen molar-refractivity contribution in [1.29, 1.82) is 5.26 Å². The molecule has 2 aliphatic rings. The summed E-state index contributed by atoms with van der Waals surface area (Å²) < 4.78 is 5.07. The summed E-state index contributed by atoms with van der Waals surface area (Å²) >= 11 is 0. The number of hydrogen-bond acceptors (Lipinski definition) is 5. The maximum absolute atomic E-state index is 13.4. The van der Waals surface area contributed by atoms with Crippen LogP contribution in [-0.2, 0) is 4.79 Å². The molecule has 1 aromatic heterocycles. The van der Waals surface area contributed by atoms with Crippen LogP contribution in [0.15, 0.2) is 51.7 Å². The van der Waals surface area contributed by atoms with Crippen molar-refractivity contribution in [2.45, 2.75) is 38.1 Å². The molecule has 2 fully saturated rings. The number of hydrogen-bond donors (Lipinski definition) is 2. The molecule has 162 valence electrons. The third-order valence-corrected chi connectivity index (χ3v) is 6.54. The van der Waals surface area contributed by atoms with Crippen LogP contribution < -0.4 is 11.1 Å². The summed E-state index contributed by atoms with van der Waals surface area (Å²) in [7, 11) is 0. The third kappa shape index (κ3) is 3.56. The average Bonchev–Trinajstić information content (AvgIpc) is 3.27. The Morgan fingerprint density at radius 2 is 2.09 bits per heavy atom. The summed E-state index contributed by atoms with van der Waals surface area (Å²) in [5.41, 5.74) is 2.69. The third-order valence-electron chi connectivity index (χ3n) is 6.54. The number of nitrogens with one attached hydrogen (secondary N) is 2. The molecule has 32 heavy (non-hydrogen) atoms. The molecule has 1 saturated carbocycles. The number of carbonyl (C=O) groups is 2. The van der Waals surface area contributed by atoms with Gasteiger partial charge in [0.05, 0.1) is 17.5 Å². The maximum atomic E-state index is 13.4. The van der Waals surface area contributed by atoms with Gasteiger partial charge in [0.1, 0.15) is 6.04 Å². The molecular weight excluding hydrogens is 408 g/mol. The zero-order chi connectivity index (χ0) is 22.5. The number of nitriles is 1. The molecule has 5 rings (SSSR count). The highest BCUT2D eigenvalue weighted by Crippen LogP contribution is 2.55. The Bertz CT molecular complexity index is 1330. The number of carbonyl (C=O) groups excluding carboxylic acids is 2. The van der Waals surface area contributed by atoms with E-state index in [2.05, 4.69) is 16.4 Å². The Kier molecular flexibility index (Phi) is 4.63. The van der Waals surface area contributed by atoms with Crippen LogP contribution in [0.25, 0.3) is 11.1 Å². The lowest BCUT2D eigenvalue weighted by Crippen LogP contribution is -2.43. The molecule has 2 amide bonds. The van der Waals surface area contributed by atoms with Gasteiger partial charge in [0.2, 0.25) is 5.91 Å². The van der Waals surface area contributed by atoms with Crippen molar-refractivity contribution in [2.75, 3.05) is 11.9 Å². The monoisotopic (exact) mass is 430 g/mol. The smallest absolute Gasteiger partial charge is 0.408 e. The first-order valence-corrected chi connectivity index (χ1v) is 10.6. The van der Waals surface area contributed by atoms with E-state index in [0.717, 1.165) is 18.4 Å². The molecule has 2 N–H and O–H groups in total. The van der Waals surface area contributed by atoms with Crippen LogP contribution in [0.1, 0.15) is 48.0 Å². The van der Waals surface area contributed by atoms with Gasteiger partial charge in [-0.2, -0.15) is 5.26 Å². The number of rotatable bonds is 4.